The number of esters is 1. The molecule has 202 valence electrons. The second-order valence-electron chi connectivity index (χ2n) is 11.7. The number of hydrogen-bond acceptors (Lipinski definition) is 8. The van der Waals surface area contributed by atoms with E-state index in [0.717, 1.165) is 35.5 Å². The quantitative estimate of drug-likeness (QED) is 0.430. The smallest absolute Gasteiger partial charge is 0.309 e. The summed E-state index contributed by atoms with van der Waals surface area (Å²) in [6.45, 7) is 14.1. The lowest BCUT2D eigenvalue weighted by molar-refractivity contribution is -0.154. The van der Waals surface area contributed by atoms with Gasteiger partial charge in [-0.2, -0.15) is 0 Å². The van der Waals surface area contributed by atoms with Crippen molar-refractivity contribution in [2.75, 3.05) is 0 Å². The van der Waals surface area contributed by atoms with Crippen molar-refractivity contribution in [1.82, 2.24) is 4.98 Å². The third kappa shape index (κ3) is 6.63. The third-order valence-corrected chi connectivity index (χ3v) is 9.51. The summed E-state index contributed by atoms with van der Waals surface area (Å²) in [5.74, 6) is -0.215. The lowest BCUT2D eigenvalue weighted by Crippen LogP contribution is -2.44. The zero-order valence-corrected chi connectivity index (χ0v) is 23.7. The first-order chi connectivity index (χ1) is 16.8. The van der Waals surface area contributed by atoms with E-state index in [4.69, 9.17) is 15.2 Å². The van der Waals surface area contributed by atoms with Crippen molar-refractivity contribution in [1.29, 1.82) is 0 Å². The molecule has 2 saturated heterocycles. The molecular weight excluding hydrogens is 476 g/mol. The van der Waals surface area contributed by atoms with Crippen molar-refractivity contribution in [2.24, 2.45) is 28.9 Å². The summed E-state index contributed by atoms with van der Waals surface area (Å²) in [6, 6.07) is 0. The largest absolute Gasteiger partial charge is 0.458 e. The normalized spacial score (nSPS) is 36.8. The number of epoxide rings is 1. The zero-order chi connectivity index (χ0) is 26.8. The molecule has 7 atom stereocenters. The molecule has 1 aromatic heterocycles. The summed E-state index contributed by atoms with van der Waals surface area (Å²) < 4.78 is 12.0. The SMILES string of the molecule is C/C(=C\c1csc(CN)n1)C1CC2OC2(C)CCCC(C)C(C)C(C)C(=O)C(C)(C)C(O)CC(=O)O1. The fraction of sp³-hybridized carbons (Fsp3) is 0.750. The number of hydrogen-bond donors (Lipinski definition) is 2. The third-order valence-electron chi connectivity index (χ3n) is 8.63. The maximum Gasteiger partial charge on any atom is 0.309 e. The Balaban J connectivity index is 1.85. The van der Waals surface area contributed by atoms with Gasteiger partial charge in [0.1, 0.15) is 16.9 Å². The van der Waals surface area contributed by atoms with Crippen LogP contribution in [0.15, 0.2) is 11.0 Å². The van der Waals surface area contributed by atoms with Gasteiger partial charge in [0, 0.05) is 24.3 Å². The number of aliphatic hydroxyl groups excluding tert-OH is 1. The number of Topliss-reactive ketones (excluding diaryl/α,β-unsaturated/α-hetero) is 1. The van der Waals surface area contributed by atoms with Crippen molar-refractivity contribution in [3.63, 3.8) is 0 Å². The van der Waals surface area contributed by atoms with E-state index in [-0.39, 0.29) is 35.7 Å². The number of carbonyl (C=O) groups excluding carboxylic acids is 2. The fourth-order valence-corrected chi connectivity index (χ4v) is 5.91. The van der Waals surface area contributed by atoms with Crippen molar-refractivity contribution in [3.05, 3.63) is 21.7 Å². The Morgan fingerprint density at radius 3 is 2.61 bits per heavy atom. The van der Waals surface area contributed by atoms with Gasteiger partial charge in [0.15, 0.2) is 0 Å². The lowest BCUT2D eigenvalue weighted by atomic mass is 9.70. The number of fused-ring (bicyclic) bond motifs is 1. The van der Waals surface area contributed by atoms with Crippen LogP contribution in [0.4, 0.5) is 0 Å². The van der Waals surface area contributed by atoms with Gasteiger partial charge in [-0.3, -0.25) is 9.59 Å². The Labute approximate surface area is 219 Å². The Kier molecular flexibility index (Phi) is 9.18. The molecule has 3 heterocycles. The van der Waals surface area contributed by atoms with Crippen LogP contribution in [0.1, 0.15) is 91.3 Å². The number of aromatic nitrogens is 1. The van der Waals surface area contributed by atoms with Crippen LogP contribution >= 0.6 is 11.3 Å². The number of cyclic esters (lactones) is 1. The van der Waals surface area contributed by atoms with Crippen LogP contribution in [-0.4, -0.2) is 45.8 Å². The molecule has 0 spiro atoms. The van der Waals surface area contributed by atoms with Gasteiger partial charge >= 0.3 is 5.97 Å². The minimum Gasteiger partial charge on any atom is -0.458 e. The van der Waals surface area contributed by atoms with E-state index in [9.17, 15) is 14.7 Å². The molecule has 7 nitrogen and oxygen atoms in total. The molecule has 2 aliphatic heterocycles. The molecule has 0 aliphatic carbocycles. The predicted molar refractivity (Wildman–Crippen MR) is 142 cm³/mol. The molecule has 2 aliphatic rings. The van der Waals surface area contributed by atoms with Gasteiger partial charge in [-0.25, -0.2) is 4.98 Å². The molecule has 3 rings (SSSR count). The number of rotatable bonds is 3. The van der Waals surface area contributed by atoms with Gasteiger partial charge in [0.05, 0.1) is 35.3 Å². The Morgan fingerprint density at radius 2 is 1.97 bits per heavy atom. The molecule has 0 bridgehead atoms. The second-order valence-corrected chi connectivity index (χ2v) is 12.7. The predicted octanol–water partition coefficient (Wildman–Crippen LogP) is 4.90. The van der Waals surface area contributed by atoms with E-state index in [0.29, 0.717) is 18.9 Å². The first-order valence-electron chi connectivity index (χ1n) is 13.2. The van der Waals surface area contributed by atoms with Crippen molar-refractivity contribution in [2.45, 2.75) is 111 Å². The van der Waals surface area contributed by atoms with Gasteiger partial charge < -0.3 is 20.3 Å². The Morgan fingerprint density at radius 1 is 1.28 bits per heavy atom. The van der Waals surface area contributed by atoms with Crippen molar-refractivity contribution < 1.29 is 24.2 Å². The number of carbonyl (C=O) groups is 2. The Hall–Kier alpha value is -1.61. The molecule has 0 amide bonds. The van der Waals surface area contributed by atoms with Crippen LogP contribution in [0, 0.1) is 23.2 Å². The molecule has 0 aromatic carbocycles. The van der Waals surface area contributed by atoms with Crippen LogP contribution in [-0.2, 0) is 25.6 Å². The maximum absolute atomic E-state index is 13.4. The van der Waals surface area contributed by atoms with Gasteiger partial charge in [-0.1, -0.05) is 47.5 Å². The standard InChI is InChI=1S/C28H44N2O5S/c1-16-9-8-10-28(7)23(35-28)12-21(17(2)11-20-15-36-24(14-29)30-20)34-25(32)13-22(31)27(5,6)26(33)19(4)18(16)3/h11,15-16,18-19,21-23,31H,8-10,12-14,29H2,1-7H3/b17-11+. The van der Waals surface area contributed by atoms with Crippen LogP contribution in [0.2, 0.25) is 0 Å². The van der Waals surface area contributed by atoms with E-state index in [1.807, 2.05) is 25.3 Å². The van der Waals surface area contributed by atoms with Gasteiger partial charge in [-0.15, -0.1) is 11.3 Å². The molecule has 36 heavy (non-hydrogen) atoms. The zero-order valence-electron chi connectivity index (χ0n) is 22.9. The minimum absolute atomic E-state index is 0.00353. The molecule has 7 unspecified atom stereocenters. The van der Waals surface area contributed by atoms with Crippen molar-refractivity contribution >= 4 is 29.2 Å². The molecule has 3 N–H and O–H groups in total. The first-order valence-corrected chi connectivity index (χ1v) is 14.1. The number of ketones is 1. The van der Waals surface area contributed by atoms with Crippen LogP contribution < -0.4 is 5.73 Å². The summed E-state index contributed by atoms with van der Waals surface area (Å²) in [5.41, 5.74) is 6.05. The Bertz CT molecular complexity index is 973. The summed E-state index contributed by atoms with van der Waals surface area (Å²) >= 11 is 1.50. The summed E-state index contributed by atoms with van der Waals surface area (Å²) in [7, 11) is 0. The highest BCUT2D eigenvalue weighted by Crippen LogP contribution is 2.45. The molecule has 2 fully saturated rings. The van der Waals surface area contributed by atoms with Crippen LogP contribution in [0.3, 0.4) is 0 Å². The summed E-state index contributed by atoms with van der Waals surface area (Å²) in [4.78, 5) is 30.9. The highest BCUT2D eigenvalue weighted by molar-refractivity contribution is 7.09. The van der Waals surface area contributed by atoms with E-state index >= 15 is 0 Å². The average Bonchev–Trinajstić information content (AvgIpc) is 3.23. The molecule has 0 radical (unpaired) electrons. The number of ether oxygens (including phenoxy) is 2. The highest BCUT2D eigenvalue weighted by Gasteiger charge is 2.53. The molecular formula is C28H44N2O5S. The lowest BCUT2D eigenvalue weighted by Gasteiger charge is -2.35. The number of nitrogens with two attached hydrogens (primary N) is 1. The van der Waals surface area contributed by atoms with Gasteiger partial charge in [0.25, 0.3) is 0 Å². The topological polar surface area (TPSA) is 115 Å². The van der Waals surface area contributed by atoms with Gasteiger partial charge in [0.2, 0.25) is 0 Å². The van der Waals surface area contributed by atoms with E-state index < -0.39 is 23.6 Å². The summed E-state index contributed by atoms with van der Waals surface area (Å²) in [5, 5.41) is 13.7. The maximum atomic E-state index is 13.4. The molecule has 0 saturated carbocycles. The number of nitrogens with zero attached hydrogens (tertiary/aromatic N) is 1. The summed E-state index contributed by atoms with van der Waals surface area (Å²) in [6.07, 6.45) is 3.52. The van der Waals surface area contributed by atoms with Crippen molar-refractivity contribution in [3.8, 4) is 0 Å². The fourth-order valence-electron chi connectivity index (χ4n) is 5.28. The van der Waals surface area contributed by atoms with Crippen LogP contribution in [0.25, 0.3) is 6.08 Å². The number of aliphatic hydroxyl groups is 1. The van der Waals surface area contributed by atoms with E-state index in [1.54, 1.807) is 13.8 Å². The molecule has 8 heteroatoms. The number of thiazole rings is 1. The minimum atomic E-state index is -1.13. The first kappa shape index (κ1) is 29.0. The van der Waals surface area contributed by atoms with E-state index in [2.05, 4.69) is 25.8 Å². The second kappa shape index (κ2) is 11.4. The van der Waals surface area contributed by atoms with Crippen LogP contribution in [0.5, 0.6) is 0 Å². The monoisotopic (exact) mass is 520 g/mol. The highest BCUT2D eigenvalue weighted by atomic mass is 32.1. The van der Waals surface area contributed by atoms with Gasteiger partial charge in [-0.05, 0) is 43.8 Å². The van der Waals surface area contributed by atoms with E-state index in [1.165, 1.54) is 11.3 Å². The molecule has 1 aromatic rings. The average molecular weight is 521 g/mol.